The fraction of sp³-hybridized carbons (Fsp3) is 0.800. The van der Waals surface area contributed by atoms with Crippen molar-refractivity contribution in [1.82, 2.24) is 0 Å². The first-order chi connectivity index (χ1) is 4.95. The largest absolute Gasteiger partial charge is 0.394 e. The summed E-state index contributed by atoms with van der Waals surface area (Å²) in [6.07, 6.45) is -6.67. The molecular weight excluding hydrogens is 140 g/mol. The summed E-state index contributed by atoms with van der Waals surface area (Å²) in [5.41, 5.74) is 0. The molecule has 0 rings (SSSR count). The molecule has 60 valence electrons. The van der Waals surface area contributed by atoms with Crippen molar-refractivity contribution in [2.45, 2.75) is 18.3 Å². The van der Waals surface area contributed by atoms with Gasteiger partial charge in [-0.25, -0.2) is 0 Å². The zero-order chi connectivity index (χ0) is 9.07. The molecule has 0 aromatic carbocycles. The average Bonchev–Trinajstić information content (AvgIpc) is 2.01. The number of carbonyl (C=O) groups is 1. The third-order valence-electron chi connectivity index (χ3n) is 0.975. The van der Waals surface area contributed by atoms with Gasteiger partial charge in [0.1, 0.15) is 18.3 Å². The molecule has 0 amide bonds. The Hall–Kier alpha value is -0.490. The minimum Gasteiger partial charge on any atom is -0.394 e. The van der Waals surface area contributed by atoms with Crippen molar-refractivity contribution in [1.29, 1.82) is 0 Å². The first kappa shape index (κ1) is 7.62. The SMILES string of the molecule is [2H][C@@](O)(C=O)[C@@H](O)[C@H](O)CO. The second-order valence-corrected chi connectivity index (χ2v) is 1.74. The van der Waals surface area contributed by atoms with E-state index in [4.69, 9.17) is 21.8 Å². The van der Waals surface area contributed by atoms with Gasteiger partial charge >= 0.3 is 0 Å². The van der Waals surface area contributed by atoms with E-state index in [-0.39, 0.29) is 6.29 Å². The molecule has 0 aliphatic carbocycles. The first-order valence-electron chi connectivity index (χ1n) is 3.11. The second kappa shape index (κ2) is 4.35. The van der Waals surface area contributed by atoms with E-state index in [0.717, 1.165) is 0 Å². The van der Waals surface area contributed by atoms with Crippen molar-refractivity contribution in [3.8, 4) is 0 Å². The molecule has 0 bridgehead atoms. The molecule has 0 spiro atoms. The van der Waals surface area contributed by atoms with E-state index in [0.29, 0.717) is 0 Å². The lowest BCUT2D eigenvalue weighted by atomic mass is 10.1. The van der Waals surface area contributed by atoms with Crippen LogP contribution in [0.1, 0.15) is 1.37 Å². The van der Waals surface area contributed by atoms with Crippen LogP contribution in [0.15, 0.2) is 0 Å². The maximum atomic E-state index is 9.90. The Bertz CT molecular complexity index is 137. The standard InChI is InChI=1S/C5H10O5/c6-1-3(8)5(10)4(9)2-7/h1,3-5,7-10H,2H2/t3-,4-,5-/m1/s1/i3D. The quantitative estimate of drug-likeness (QED) is 0.327. The summed E-state index contributed by atoms with van der Waals surface area (Å²) < 4.78 is 6.68. The fourth-order valence-electron chi connectivity index (χ4n) is 0.367. The molecule has 0 radical (unpaired) electrons. The van der Waals surface area contributed by atoms with Gasteiger partial charge in [0.2, 0.25) is 0 Å². The van der Waals surface area contributed by atoms with Gasteiger partial charge in [0.25, 0.3) is 0 Å². The molecule has 10 heavy (non-hydrogen) atoms. The van der Waals surface area contributed by atoms with Gasteiger partial charge in [-0.15, -0.1) is 0 Å². The van der Waals surface area contributed by atoms with E-state index in [1.807, 2.05) is 0 Å². The van der Waals surface area contributed by atoms with Gasteiger partial charge < -0.3 is 25.2 Å². The molecular formula is C5H10O5. The molecule has 0 fully saturated rings. The minimum atomic E-state index is -2.76. The van der Waals surface area contributed by atoms with Crippen molar-refractivity contribution in [3.05, 3.63) is 0 Å². The van der Waals surface area contributed by atoms with Gasteiger partial charge in [-0.1, -0.05) is 0 Å². The number of aliphatic hydroxyl groups excluding tert-OH is 3. The molecule has 0 saturated heterocycles. The Morgan fingerprint density at radius 2 is 2.00 bits per heavy atom. The van der Waals surface area contributed by atoms with Gasteiger partial charge in [0.05, 0.1) is 7.98 Å². The van der Waals surface area contributed by atoms with Crippen LogP contribution in [0.4, 0.5) is 0 Å². The Labute approximate surface area is 58.9 Å². The highest BCUT2D eigenvalue weighted by molar-refractivity contribution is 5.56. The lowest BCUT2D eigenvalue weighted by Gasteiger charge is -2.16. The van der Waals surface area contributed by atoms with Crippen LogP contribution >= 0.6 is 0 Å². The molecule has 3 atom stereocenters. The van der Waals surface area contributed by atoms with Crippen molar-refractivity contribution in [2.75, 3.05) is 6.61 Å². The highest BCUT2D eigenvalue weighted by Crippen LogP contribution is 1.96. The van der Waals surface area contributed by atoms with E-state index in [1.54, 1.807) is 0 Å². The summed E-state index contributed by atoms with van der Waals surface area (Å²) in [6.45, 7) is -0.823. The summed E-state index contributed by atoms with van der Waals surface area (Å²) in [4.78, 5) is 9.90. The van der Waals surface area contributed by atoms with E-state index in [9.17, 15) is 4.79 Å². The maximum absolute atomic E-state index is 9.90. The topological polar surface area (TPSA) is 98.0 Å². The number of hydrogen-bond acceptors (Lipinski definition) is 5. The van der Waals surface area contributed by atoms with E-state index >= 15 is 0 Å². The van der Waals surface area contributed by atoms with Crippen LogP contribution in [0.25, 0.3) is 0 Å². The Kier molecular flexibility index (Phi) is 3.31. The van der Waals surface area contributed by atoms with Gasteiger partial charge in [0.15, 0.2) is 6.29 Å². The van der Waals surface area contributed by atoms with Gasteiger partial charge in [-0.3, -0.25) is 0 Å². The monoisotopic (exact) mass is 151 g/mol. The zero-order valence-electron chi connectivity index (χ0n) is 6.14. The lowest BCUT2D eigenvalue weighted by Crippen LogP contribution is -2.40. The minimum absolute atomic E-state index is 0.226. The van der Waals surface area contributed by atoms with Crippen molar-refractivity contribution in [2.24, 2.45) is 0 Å². The Morgan fingerprint density at radius 1 is 1.50 bits per heavy atom. The van der Waals surface area contributed by atoms with Crippen LogP contribution in [0.5, 0.6) is 0 Å². The fourth-order valence-corrected chi connectivity index (χ4v) is 0.367. The number of aldehydes is 1. The predicted octanol–water partition coefficient (Wildman–Crippen LogP) is -2.74. The maximum Gasteiger partial charge on any atom is 0.151 e. The molecule has 4 N–H and O–H groups in total. The van der Waals surface area contributed by atoms with Gasteiger partial charge in [0, 0.05) is 0 Å². The number of hydrogen-bond donors (Lipinski definition) is 4. The smallest absolute Gasteiger partial charge is 0.151 e. The lowest BCUT2D eigenvalue weighted by molar-refractivity contribution is -0.127. The highest BCUT2D eigenvalue weighted by atomic mass is 16.4. The number of rotatable bonds is 4. The molecule has 0 aromatic heterocycles. The zero-order valence-corrected chi connectivity index (χ0v) is 5.14. The molecule has 5 nitrogen and oxygen atoms in total. The molecule has 0 saturated carbocycles. The molecule has 0 aliphatic rings. The summed E-state index contributed by atoms with van der Waals surface area (Å²) in [6, 6.07) is 0. The molecule has 0 heterocycles. The van der Waals surface area contributed by atoms with Crippen molar-refractivity contribution in [3.63, 3.8) is 0 Å². The van der Waals surface area contributed by atoms with Gasteiger partial charge in [-0.2, -0.15) is 0 Å². The van der Waals surface area contributed by atoms with Crippen LogP contribution in [0.2, 0.25) is 0 Å². The Morgan fingerprint density at radius 3 is 2.30 bits per heavy atom. The van der Waals surface area contributed by atoms with Gasteiger partial charge in [-0.05, 0) is 0 Å². The summed E-state index contributed by atoms with van der Waals surface area (Å²) in [5.74, 6) is 0. The number of carbonyl (C=O) groups excluding carboxylic acids is 1. The van der Waals surface area contributed by atoms with Crippen LogP contribution in [0.3, 0.4) is 0 Å². The first-order valence-corrected chi connectivity index (χ1v) is 2.61. The molecule has 0 unspecified atom stereocenters. The second-order valence-electron chi connectivity index (χ2n) is 1.74. The average molecular weight is 151 g/mol. The molecule has 0 aliphatic heterocycles. The van der Waals surface area contributed by atoms with E-state index in [1.165, 1.54) is 0 Å². The van der Waals surface area contributed by atoms with Crippen LogP contribution in [0, 0.1) is 0 Å². The van der Waals surface area contributed by atoms with E-state index < -0.39 is 24.9 Å². The normalized spacial score (nSPS) is 24.2. The summed E-state index contributed by atoms with van der Waals surface area (Å²) in [7, 11) is 0. The van der Waals surface area contributed by atoms with Crippen molar-refractivity contribution < 1.29 is 26.6 Å². The third-order valence-corrected chi connectivity index (χ3v) is 0.975. The Balaban J connectivity index is 4.21. The van der Waals surface area contributed by atoms with Crippen LogP contribution < -0.4 is 0 Å². The summed E-state index contributed by atoms with van der Waals surface area (Å²) in [5, 5.41) is 34.3. The van der Waals surface area contributed by atoms with Crippen LogP contribution in [-0.4, -0.2) is 51.6 Å². The third kappa shape index (κ3) is 2.40. The van der Waals surface area contributed by atoms with E-state index in [2.05, 4.69) is 0 Å². The summed E-state index contributed by atoms with van der Waals surface area (Å²) >= 11 is 0. The number of aliphatic hydroxyl groups is 4. The van der Waals surface area contributed by atoms with Crippen molar-refractivity contribution >= 4 is 6.29 Å². The van der Waals surface area contributed by atoms with Crippen LogP contribution in [-0.2, 0) is 4.79 Å². The predicted molar refractivity (Wildman–Crippen MR) is 31.2 cm³/mol. The molecule has 5 heteroatoms. The highest BCUT2D eigenvalue weighted by Gasteiger charge is 2.22. The molecule has 0 aromatic rings.